The van der Waals surface area contributed by atoms with E-state index in [0.29, 0.717) is 16.8 Å². The first-order valence-corrected chi connectivity index (χ1v) is 8.67. The van der Waals surface area contributed by atoms with Crippen LogP contribution in [0, 0.1) is 11.3 Å². The minimum Gasteiger partial charge on any atom is -0.358 e. The normalized spacial score (nSPS) is 17.7. The van der Waals surface area contributed by atoms with Gasteiger partial charge in [-0.15, -0.1) is 11.3 Å². The van der Waals surface area contributed by atoms with Crippen LogP contribution in [0.4, 0.5) is 5.00 Å². The van der Waals surface area contributed by atoms with Crippen molar-refractivity contribution in [3.63, 3.8) is 0 Å². The highest BCUT2D eigenvalue weighted by Crippen LogP contribution is 2.32. The molecule has 2 aromatic heterocycles. The van der Waals surface area contributed by atoms with Gasteiger partial charge in [0.15, 0.2) is 5.15 Å². The Morgan fingerprint density at radius 2 is 2.14 bits per heavy atom. The fraction of sp³-hybridized carbons (Fsp3) is 0.462. The van der Waals surface area contributed by atoms with Crippen LogP contribution in [0.1, 0.15) is 23.5 Å². The first-order chi connectivity index (χ1) is 10.2. The standard InChI is InChI=1S/C13H14ClN5S2/c1-9(12-16-2-7-20-12)18-3-5-19(6-4-18)13-10(8-15)11(14)17-21-13/h2,7,9H,3-6H2,1H3. The maximum atomic E-state index is 9.17. The number of thiazole rings is 1. The molecule has 0 radical (unpaired) electrons. The van der Waals surface area contributed by atoms with Crippen LogP contribution in [0.15, 0.2) is 11.6 Å². The molecule has 3 heterocycles. The minimum atomic E-state index is 0.316. The van der Waals surface area contributed by atoms with E-state index in [2.05, 4.69) is 32.2 Å². The van der Waals surface area contributed by atoms with Crippen molar-refractivity contribution in [3.8, 4) is 6.07 Å². The number of piperazine rings is 1. The van der Waals surface area contributed by atoms with Crippen molar-refractivity contribution < 1.29 is 0 Å². The maximum Gasteiger partial charge on any atom is 0.162 e. The van der Waals surface area contributed by atoms with Crippen molar-refractivity contribution in [1.29, 1.82) is 5.26 Å². The third-order valence-corrected chi connectivity index (χ3v) is 5.93. The van der Waals surface area contributed by atoms with Gasteiger partial charge in [-0.05, 0) is 18.5 Å². The van der Waals surface area contributed by atoms with Gasteiger partial charge in [0.25, 0.3) is 0 Å². The molecular formula is C13H14ClN5S2. The molecule has 0 spiro atoms. The lowest BCUT2D eigenvalue weighted by atomic mass is 10.2. The van der Waals surface area contributed by atoms with Crippen molar-refractivity contribution in [2.45, 2.75) is 13.0 Å². The molecule has 1 unspecified atom stereocenters. The van der Waals surface area contributed by atoms with Gasteiger partial charge in [-0.3, -0.25) is 4.90 Å². The second-order valence-electron chi connectivity index (χ2n) is 4.83. The summed E-state index contributed by atoms with van der Waals surface area (Å²) in [7, 11) is 0. The van der Waals surface area contributed by atoms with Gasteiger partial charge in [0.05, 0.1) is 6.04 Å². The van der Waals surface area contributed by atoms with Gasteiger partial charge >= 0.3 is 0 Å². The molecule has 3 rings (SSSR count). The van der Waals surface area contributed by atoms with Gasteiger partial charge in [-0.2, -0.15) is 9.64 Å². The first-order valence-electron chi connectivity index (χ1n) is 6.64. The van der Waals surface area contributed by atoms with E-state index in [0.717, 1.165) is 36.2 Å². The molecule has 0 aromatic carbocycles. The molecule has 110 valence electrons. The molecule has 0 amide bonds. The molecular weight excluding hydrogens is 326 g/mol. The van der Waals surface area contributed by atoms with Crippen molar-refractivity contribution in [2.75, 3.05) is 31.1 Å². The van der Waals surface area contributed by atoms with E-state index in [-0.39, 0.29) is 0 Å². The number of rotatable bonds is 3. The zero-order valence-corrected chi connectivity index (χ0v) is 13.9. The Morgan fingerprint density at radius 1 is 1.38 bits per heavy atom. The Hall–Kier alpha value is -1.20. The molecule has 1 aliphatic rings. The van der Waals surface area contributed by atoms with Crippen LogP contribution in [0.2, 0.25) is 5.15 Å². The van der Waals surface area contributed by atoms with E-state index < -0.39 is 0 Å². The second-order valence-corrected chi connectivity index (χ2v) is 6.87. The lowest BCUT2D eigenvalue weighted by Gasteiger charge is -2.37. The maximum absolute atomic E-state index is 9.17. The van der Waals surface area contributed by atoms with E-state index in [1.54, 1.807) is 11.3 Å². The highest BCUT2D eigenvalue weighted by Gasteiger charge is 2.26. The van der Waals surface area contributed by atoms with E-state index in [4.69, 9.17) is 11.6 Å². The monoisotopic (exact) mass is 339 g/mol. The predicted octanol–water partition coefficient (Wildman–Crippen LogP) is 3.01. The molecule has 1 saturated heterocycles. The molecule has 0 bridgehead atoms. The summed E-state index contributed by atoms with van der Waals surface area (Å²) in [6.45, 7) is 5.84. The molecule has 5 nitrogen and oxygen atoms in total. The van der Waals surface area contributed by atoms with Crippen LogP contribution in [-0.2, 0) is 0 Å². The Labute approximate surface area is 136 Å². The third kappa shape index (κ3) is 2.90. The van der Waals surface area contributed by atoms with Crippen LogP contribution in [-0.4, -0.2) is 40.4 Å². The summed E-state index contributed by atoms with van der Waals surface area (Å²) in [6.07, 6.45) is 1.85. The molecule has 21 heavy (non-hydrogen) atoms. The van der Waals surface area contributed by atoms with Gasteiger partial charge in [0.1, 0.15) is 21.6 Å². The van der Waals surface area contributed by atoms with Gasteiger partial charge in [0, 0.05) is 37.8 Å². The lowest BCUT2D eigenvalue weighted by molar-refractivity contribution is 0.198. The predicted molar refractivity (Wildman–Crippen MR) is 86.2 cm³/mol. The zero-order valence-electron chi connectivity index (χ0n) is 11.5. The number of anilines is 1. The van der Waals surface area contributed by atoms with E-state index in [1.165, 1.54) is 11.5 Å². The van der Waals surface area contributed by atoms with Crippen LogP contribution in [0.3, 0.4) is 0 Å². The Morgan fingerprint density at radius 3 is 2.76 bits per heavy atom. The topological polar surface area (TPSA) is 56.1 Å². The summed E-state index contributed by atoms with van der Waals surface area (Å²) in [5, 5.41) is 13.5. The van der Waals surface area contributed by atoms with Crippen LogP contribution < -0.4 is 4.90 Å². The SMILES string of the molecule is CC(c1nccs1)N1CCN(c2snc(Cl)c2C#N)CC1. The molecule has 1 aliphatic heterocycles. The summed E-state index contributed by atoms with van der Waals surface area (Å²) in [4.78, 5) is 9.02. The second kappa shape index (κ2) is 6.28. The van der Waals surface area contributed by atoms with Crippen molar-refractivity contribution in [1.82, 2.24) is 14.3 Å². The largest absolute Gasteiger partial charge is 0.358 e. The van der Waals surface area contributed by atoms with E-state index in [9.17, 15) is 5.26 Å². The summed E-state index contributed by atoms with van der Waals surface area (Å²) in [6, 6.07) is 2.49. The Bertz CT molecular complexity index is 640. The minimum absolute atomic E-state index is 0.316. The van der Waals surface area contributed by atoms with Crippen LogP contribution in [0.5, 0.6) is 0 Å². The summed E-state index contributed by atoms with van der Waals surface area (Å²) in [5.41, 5.74) is 0.503. The molecule has 0 aliphatic carbocycles. The number of nitrogens with zero attached hydrogens (tertiary/aromatic N) is 5. The van der Waals surface area contributed by atoms with Crippen LogP contribution >= 0.6 is 34.5 Å². The number of hydrogen-bond acceptors (Lipinski definition) is 7. The quantitative estimate of drug-likeness (QED) is 0.860. The van der Waals surface area contributed by atoms with E-state index in [1.807, 2.05) is 11.6 Å². The Balaban J connectivity index is 1.67. The highest BCUT2D eigenvalue weighted by molar-refractivity contribution is 7.11. The number of hydrogen-bond donors (Lipinski definition) is 0. The average Bonchev–Trinajstić information content (AvgIpc) is 3.16. The van der Waals surface area contributed by atoms with Gasteiger partial charge < -0.3 is 4.90 Å². The molecule has 8 heteroatoms. The molecule has 0 saturated carbocycles. The average molecular weight is 340 g/mol. The number of nitriles is 1. The first kappa shape index (κ1) is 14.7. The van der Waals surface area contributed by atoms with Crippen molar-refractivity contribution >= 4 is 39.5 Å². The van der Waals surface area contributed by atoms with E-state index >= 15 is 0 Å². The van der Waals surface area contributed by atoms with Gasteiger partial charge in [-0.1, -0.05) is 11.6 Å². The summed E-state index contributed by atoms with van der Waals surface area (Å²) >= 11 is 8.95. The zero-order chi connectivity index (χ0) is 14.8. The third-order valence-electron chi connectivity index (χ3n) is 3.70. The van der Waals surface area contributed by atoms with Crippen molar-refractivity contribution in [2.24, 2.45) is 0 Å². The molecule has 1 fully saturated rings. The summed E-state index contributed by atoms with van der Waals surface area (Å²) < 4.78 is 4.08. The molecule has 2 aromatic rings. The van der Waals surface area contributed by atoms with Gasteiger partial charge in [0.2, 0.25) is 0 Å². The smallest absolute Gasteiger partial charge is 0.162 e. The van der Waals surface area contributed by atoms with Gasteiger partial charge in [-0.25, -0.2) is 4.98 Å². The molecule has 1 atom stereocenters. The fourth-order valence-corrected chi connectivity index (χ4v) is 4.29. The lowest BCUT2D eigenvalue weighted by Crippen LogP contribution is -2.47. The molecule has 0 N–H and O–H groups in total. The number of aromatic nitrogens is 2. The fourth-order valence-electron chi connectivity index (χ4n) is 2.48. The summed E-state index contributed by atoms with van der Waals surface area (Å²) in [5.74, 6) is 0. The Kier molecular flexibility index (Phi) is 4.40. The van der Waals surface area contributed by atoms with Crippen LogP contribution in [0.25, 0.3) is 0 Å². The highest BCUT2D eigenvalue weighted by atomic mass is 35.5. The number of halogens is 1. The van der Waals surface area contributed by atoms with Crippen molar-refractivity contribution in [3.05, 3.63) is 27.3 Å².